The first kappa shape index (κ1) is 15.1. The zero-order chi connectivity index (χ0) is 15.1. The number of rotatable bonds is 5. The highest BCUT2D eigenvalue weighted by Gasteiger charge is 2.15. The fourth-order valence-corrected chi connectivity index (χ4v) is 2.09. The summed E-state index contributed by atoms with van der Waals surface area (Å²) in [5.41, 5.74) is 1.53. The SMILES string of the molecule is N#CCCN(Cc1cccnc1)C(=O)c1ccc(S)cc1. The molecule has 0 fully saturated rings. The van der Waals surface area contributed by atoms with E-state index in [4.69, 9.17) is 5.26 Å². The molecule has 106 valence electrons. The van der Waals surface area contributed by atoms with Gasteiger partial charge < -0.3 is 4.90 Å². The average molecular weight is 297 g/mol. The van der Waals surface area contributed by atoms with Crippen molar-refractivity contribution in [3.8, 4) is 6.07 Å². The molecule has 1 heterocycles. The van der Waals surface area contributed by atoms with Crippen LogP contribution in [0.4, 0.5) is 0 Å². The molecule has 5 heteroatoms. The topological polar surface area (TPSA) is 57.0 Å². The van der Waals surface area contributed by atoms with Gasteiger partial charge in [-0.1, -0.05) is 6.07 Å². The Morgan fingerprint density at radius 3 is 2.67 bits per heavy atom. The van der Waals surface area contributed by atoms with E-state index in [-0.39, 0.29) is 5.91 Å². The van der Waals surface area contributed by atoms with E-state index in [1.165, 1.54) is 0 Å². The predicted octanol–water partition coefficient (Wildman–Crippen LogP) is 2.93. The third kappa shape index (κ3) is 4.33. The van der Waals surface area contributed by atoms with Crippen LogP contribution in [0.3, 0.4) is 0 Å². The molecule has 0 bridgehead atoms. The highest BCUT2D eigenvalue weighted by atomic mass is 32.1. The summed E-state index contributed by atoms with van der Waals surface area (Å²) >= 11 is 4.21. The van der Waals surface area contributed by atoms with Gasteiger partial charge in [0.15, 0.2) is 0 Å². The molecule has 1 amide bonds. The Morgan fingerprint density at radius 2 is 2.05 bits per heavy atom. The molecule has 0 radical (unpaired) electrons. The van der Waals surface area contributed by atoms with Crippen molar-refractivity contribution in [2.24, 2.45) is 0 Å². The van der Waals surface area contributed by atoms with Gasteiger partial charge in [-0.3, -0.25) is 9.78 Å². The Morgan fingerprint density at radius 1 is 1.29 bits per heavy atom. The third-order valence-electron chi connectivity index (χ3n) is 2.99. The maximum Gasteiger partial charge on any atom is 0.254 e. The van der Waals surface area contributed by atoms with Crippen molar-refractivity contribution in [3.63, 3.8) is 0 Å². The standard InChI is InChI=1S/C16H15N3OS/c17-8-2-10-19(12-13-3-1-9-18-11-13)16(20)14-4-6-15(21)7-5-14/h1,3-7,9,11,21H,2,10,12H2. The minimum Gasteiger partial charge on any atom is -0.333 e. The van der Waals surface area contributed by atoms with Crippen molar-refractivity contribution in [1.29, 1.82) is 5.26 Å². The van der Waals surface area contributed by atoms with Gasteiger partial charge in [0.25, 0.3) is 5.91 Å². The summed E-state index contributed by atoms with van der Waals surface area (Å²) in [5, 5.41) is 8.76. The van der Waals surface area contributed by atoms with Crippen molar-refractivity contribution in [1.82, 2.24) is 9.88 Å². The molecule has 4 nitrogen and oxygen atoms in total. The number of nitrogens with zero attached hydrogens (tertiary/aromatic N) is 3. The first-order valence-corrected chi connectivity index (χ1v) is 6.99. The van der Waals surface area contributed by atoms with Gasteiger partial charge in [-0.05, 0) is 35.9 Å². The van der Waals surface area contributed by atoms with E-state index in [2.05, 4.69) is 23.7 Å². The van der Waals surface area contributed by atoms with Crippen LogP contribution >= 0.6 is 12.6 Å². The van der Waals surface area contributed by atoms with Gasteiger partial charge in [0.05, 0.1) is 12.5 Å². The predicted molar refractivity (Wildman–Crippen MR) is 82.9 cm³/mol. The Kier molecular flexibility index (Phi) is 5.35. The van der Waals surface area contributed by atoms with Crippen molar-refractivity contribution in [2.75, 3.05) is 6.54 Å². The lowest BCUT2D eigenvalue weighted by molar-refractivity contribution is 0.0746. The zero-order valence-corrected chi connectivity index (χ0v) is 12.3. The molecule has 0 saturated heterocycles. The molecule has 1 aromatic carbocycles. The second-order valence-electron chi connectivity index (χ2n) is 4.54. The van der Waals surface area contributed by atoms with Crippen molar-refractivity contribution in [3.05, 3.63) is 59.9 Å². The minimum absolute atomic E-state index is 0.0950. The second-order valence-corrected chi connectivity index (χ2v) is 5.06. The molecule has 0 spiro atoms. The molecule has 21 heavy (non-hydrogen) atoms. The first-order chi connectivity index (χ1) is 10.2. The van der Waals surface area contributed by atoms with Gasteiger partial charge in [-0.25, -0.2) is 0 Å². The van der Waals surface area contributed by atoms with Gasteiger partial charge in [-0.15, -0.1) is 12.6 Å². The largest absolute Gasteiger partial charge is 0.333 e. The monoisotopic (exact) mass is 297 g/mol. The van der Waals surface area contributed by atoms with Crippen molar-refractivity contribution in [2.45, 2.75) is 17.9 Å². The number of aromatic nitrogens is 1. The van der Waals surface area contributed by atoms with Crippen molar-refractivity contribution >= 4 is 18.5 Å². The van der Waals surface area contributed by atoms with Crippen LogP contribution in [0, 0.1) is 11.3 Å². The number of thiol groups is 1. The van der Waals surface area contributed by atoms with Crippen LogP contribution in [-0.4, -0.2) is 22.3 Å². The molecule has 2 aromatic rings. The lowest BCUT2D eigenvalue weighted by Gasteiger charge is -2.21. The Balaban J connectivity index is 2.17. The number of pyridine rings is 1. The minimum atomic E-state index is -0.0950. The highest BCUT2D eigenvalue weighted by molar-refractivity contribution is 7.80. The van der Waals surface area contributed by atoms with Gasteiger partial charge >= 0.3 is 0 Å². The fourth-order valence-electron chi connectivity index (χ4n) is 1.94. The number of hydrogen-bond acceptors (Lipinski definition) is 4. The molecule has 2 rings (SSSR count). The van der Waals surface area contributed by atoms with Gasteiger partial charge in [0.2, 0.25) is 0 Å². The molecular weight excluding hydrogens is 282 g/mol. The van der Waals surface area contributed by atoms with E-state index < -0.39 is 0 Å². The maximum atomic E-state index is 12.5. The van der Waals surface area contributed by atoms with E-state index >= 15 is 0 Å². The van der Waals surface area contributed by atoms with E-state index in [1.807, 2.05) is 12.1 Å². The van der Waals surface area contributed by atoms with Crippen LogP contribution in [0.1, 0.15) is 22.3 Å². The van der Waals surface area contributed by atoms with Crippen LogP contribution in [-0.2, 0) is 6.54 Å². The number of nitriles is 1. The lowest BCUT2D eigenvalue weighted by Crippen LogP contribution is -2.31. The number of carbonyl (C=O) groups is 1. The normalized spacial score (nSPS) is 9.90. The Bertz CT molecular complexity index is 635. The molecule has 0 aliphatic carbocycles. The van der Waals surface area contributed by atoms with E-state index in [0.29, 0.717) is 25.1 Å². The van der Waals surface area contributed by atoms with Crippen LogP contribution in [0.2, 0.25) is 0 Å². The summed E-state index contributed by atoms with van der Waals surface area (Å²) < 4.78 is 0. The fraction of sp³-hybridized carbons (Fsp3) is 0.188. The number of amides is 1. The summed E-state index contributed by atoms with van der Waals surface area (Å²) in [7, 11) is 0. The van der Waals surface area contributed by atoms with Crippen LogP contribution in [0.15, 0.2) is 53.7 Å². The zero-order valence-electron chi connectivity index (χ0n) is 11.4. The smallest absolute Gasteiger partial charge is 0.254 e. The number of benzene rings is 1. The van der Waals surface area contributed by atoms with E-state index in [1.54, 1.807) is 41.6 Å². The summed E-state index contributed by atoms with van der Waals surface area (Å²) in [6.07, 6.45) is 3.72. The first-order valence-electron chi connectivity index (χ1n) is 6.55. The summed E-state index contributed by atoms with van der Waals surface area (Å²) in [4.78, 5) is 19.1. The molecular formula is C16H15N3OS. The quantitative estimate of drug-likeness (QED) is 0.863. The molecule has 0 aliphatic rings. The van der Waals surface area contributed by atoms with E-state index in [9.17, 15) is 4.79 Å². The molecule has 0 atom stereocenters. The van der Waals surface area contributed by atoms with Crippen molar-refractivity contribution < 1.29 is 4.79 Å². The molecule has 1 aromatic heterocycles. The van der Waals surface area contributed by atoms with Crippen LogP contribution in [0.5, 0.6) is 0 Å². The maximum absolute atomic E-state index is 12.5. The number of carbonyl (C=O) groups excluding carboxylic acids is 1. The molecule has 0 N–H and O–H groups in total. The summed E-state index contributed by atoms with van der Waals surface area (Å²) in [6, 6.07) is 12.9. The highest BCUT2D eigenvalue weighted by Crippen LogP contribution is 2.13. The lowest BCUT2D eigenvalue weighted by atomic mass is 10.1. The van der Waals surface area contributed by atoms with Gasteiger partial charge in [0.1, 0.15) is 0 Å². The second kappa shape index (κ2) is 7.46. The molecule has 0 saturated carbocycles. The Labute approximate surface area is 129 Å². The summed E-state index contributed by atoms with van der Waals surface area (Å²) in [6.45, 7) is 0.837. The van der Waals surface area contributed by atoms with E-state index in [0.717, 1.165) is 10.5 Å². The van der Waals surface area contributed by atoms with Crippen LogP contribution in [0.25, 0.3) is 0 Å². The van der Waals surface area contributed by atoms with Gasteiger partial charge in [0, 0.05) is 35.9 Å². The summed E-state index contributed by atoms with van der Waals surface area (Å²) in [5.74, 6) is -0.0950. The van der Waals surface area contributed by atoms with Crippen LogP contribution < -0.4 is 0 Å². The average Bonchev–Trinajstić information content (AvgIpc) is 2.52. The third-order valence-corrected chi connectivity index (χ3v) is 3.29. The molecule has 0 unspecified atom stereocenters. The molecule has 0 aliphatic heterocycles. The Hall–Kier alpha value is -2.32. The number of hydrogen-bond donors (Lipinski definition) is 1. The van der Waals surface area contributed by atoms with Gasteiger partial charge in [-0.2, -0.15) is 5.26 Å².